The number of hydrogen-bond donors (Lipinski definition) is 0. The highest BCUT2D eigenvalue weighted by Crippen LogP contribution is 2.38. The molecule has 4 fully saturated rings. The molecule has 0 spiro atoms. The highest BCUT2D eigenvalue weighted by molar-refractivity contribution is 5.04. The lowest BCUT2D eigenvalue weighted by molar-refractivity contribution is -0.175. The fourth-order valence-electron chi connectivity index (χ4n) is 5.09. The van der Waals surface area contributed by atoms with Gasteiger partial charge in [-0.15, -0.1) is 0 Å². The molecule has 150 valence electrons. The van der Waals surface area contributed by atoms with Gasteiger partial charge in [-0.3, -0.25) is 19.6 Å². The quantitative estimate of drug-likeness (QED) is 0.736. The molecule has 0 N–H and O–H groups in total. The molecule has 0 aromatic heterocycles. The molecule has 0 aromatic carbocycles. The zero-order valence-corrected chi connectivity index (χ0v) is 17.1. The first-order chi connectivity index (χ1) is 11.9. The Morgan fingerprint density at radius 3 is 1.77 bits per heavy atom. The average Bonchev–Trinajstić information content (AvgIpc) is 2.27. The van der Waals surface area contributed by atoms with Crippen LogP contribution in [0.15, 0.2) is 0 Å². The van der Waals surface area contributed by atoms with Gasteiger partial charge in [-0.25, -0.2) is 8.78 Å². The Balaban J connectivity index is 1.15. The highest BCUT2D eigenvalue weighted by atomic mass is 19.3. The van der Waals surface area contributed by atoms with E-state index >= 15 is 0 Å². The van der Waals surface area contributed by atoms with Crippen LogP contribution in [0.25, 0.3) is 0 Å². The minimum atomic E-state index is -2.44. The van der Waals surface area contributed by atoms with Gasteiger partial charge in [0.05, 0.1) is 13.1 Å². The van der Waals surface area contributed by atoms with Crippen molar-refractivity contribution in [2.45, 2.75) is 70.1 Å². The number of nitrogens with zero attached hydrogens (tertiary/aromatic N) is 4. The molecule has 0 atom stereocenters. The number of hydrogen-bond acceptors (Lipinski definition) is 4. The van der Waals surface area contributed by atoms with Crippen molar-refractivity contribution in [3.05, 3.63) is 0 Å². The van der Waals surface area contributed by atoms with E-state index in [2.05, 4.69) is 49.3 Å². The summed E-state index contributed by atoms with van der Waals surface area (Å²) < 4.78 is 26.1. The molecule has 4 aliphatic heterocycles. The van der Waals surface area contributed by atoms with Gasteiger partial charge in [0.2, 0.25) is 0 Å². The molecular formula is C20H36F2N4. The molecule has 26 heavy (non-hydrogen) atoms. The largest absolute Gasteiger partial charge is 0.297 e. The summed E-state index contributed by atoms with van der Waals surface area (Å²) in [6.07, 6.45) is 1.22. The maximum absolute atomic E-state index is 13.0. The molecule has 0 amide bonds. The Kier molecular flexibility index (Phi) is 4.46. The van der Waals surface area contributed by atoms with Crippen molar-refractivity contribution < 1.29 is 8.78 Å². The molecule has 4 rings (SSSR count). The van der Waals surface area contributed by atoms with Crippen LogP contribution in [-0.2, 0) is 0 Å². The first kappa shape index (κ1) is 19.0. The summed E-state index contributed by atoms with van der Waals surface area (Å²) in [4.78, 5) is 9.68. The summed E-state index contributed by atoms with van der Waals surface area (Å²) in [5.41, 5.74) is 0.495. The molecule has 6 heteroatoms. The summed E-state index contributed by atoms with van der Waals surface area (Å²) in [5.74, 6) is -1.64. The Labute approximate surface area is 157 Å². The van der Waals surface area contributed by atoms with Crippen LogP contribution >= 0.6 is 0 Å². The lowest BCUT2D eigenvalue weighted by atomic mass is 9.80. The number of alkyl halides is 2. The van der Waals surface area contributed by atoms with Crippen LogP contribution in [0.5, 0.6) is 0 Å². The van der Waals surface area contributed by atoms with Crippen LogP contribution in [0.3, 0.4) is 0 Å². The molecule has 0 aromatic rings. The summed E-state index contributed by atoms with van der Waals surface area (Å²) in [6, 6.07) is 1.11. The zero-order valence-electron chi connectivity index (χ0n) is 17.1. The Morgan fingerprint density at radius 2 is 1.27 bits per heavy atom. The molecular weight excluding hydrogens is 334 g/mol. The number of halogens is 2. The molecule has 0 unspecified atom stereocenters. The van der Waals surface area contributed by atoms with E-state index in [9.17, 15) is 8.78 Å². The van der Waals surface area contributed by atoms with Gasteiger partial charge in [-0.2, -0.15) is 0 Å². The van der Waals surface area contributed by atoms with E-state index in [1.54, 1.807) is 0 Å². The van der Waals surface area contributed by atoms with Crippen molar-refractivity contribution in [3.63, 3.8) is 0 Å². The smallest absolute Gasteiger partial charge is 0.272 e. The van der Waals surface area contributed by atoms with Crippen molar-refractivity contribution in [1.82, 2.24) is 19.6 Å². The van der Waals surface area contributed by atoms with Crippen molar-refractivity contribution in [1.29, 1.82) is 0 Å². The third kappa shape index (κ3) is 3.54. The van der Waals surface area contributed by atoms with Gasteiger partial charge in [-0.1, -0.05) is 0 Å². The van der Waals surface area contributed by atoms with Crippen LogP contribution < -0.4 is 0 Å². The van der Waals surface area contributed by atoms with Crippen molar-refractivity contribution >= 4 is 0 Å². The predicted molar refractivity (Wildman–Crippen MR) is 101 cm³/mol. The average molecular weight is 371 g/mol. The summed E-state index contributed by atoms with van der Waals surface area (Å²) >= 11 is 0. The normalized spacial score (nSPS) is 30.6. The summed E-state index contributed by atoms with van der Waals surface area (Å²) in [6.45, 7) is 18.3. The second-order valence-corrected chi connectivity index (χ2v) is 10.9. The third-order valence-electron chi connectivity index (χ3n) is 7.20. The highest BCUT2D eigenvalue weighted by Gasteiger charge is 2.51. The fraction of sp³-hybridized carbons (Fsp3) is 1.00. The van der Waals surface area contributed by atoms with E-state index in [0.717, 1.165) is 25.0 Å². The second-order valence-electron chi connectivity index (χ2n) is 10.9. The SMILES string of the molecule is CC(C)(C)N1CC(N2CC(CC(C)(C)N3CC(N4CC(F)(F)C4)C3)C2)C1. The Bertz CT molecular complexity index is 518. The van der Waals surface area contributed by atoms with E-state index in [-0.39, 0.29) is 18.6 Å². The molecule has 0 aliphatic carbocycles. The van der Waals surface area contributed by atoms with E-state index < -0.39 is 5.92 Å². The lowest BCUT2D eigenvalue weighted by Crippen LogP contribution is -2.72. The van der Waals surface area contributed by atoms with Gasteiger partial charge < -0.3 is 0 Å². The summed E-state index contributed by atoms with van der Waals surface area (Å²) in [5, 5.41) is 0. The Hall–Kier alpha value is -0.300. The van der Waals surface area contributed by atoms with Gasteiger partial charge in [0.25, 0.3) is 5.92 Å². The molecule has 4 nitrogen and oxygen atoms in total. The zero-order chi connectivity index (χ0) is 18.9. The van der Waals surface area contributed by atoms with Gasteiger partial charge in [0, 0.05) is 62.4 Å². The monoisotopic (exact) mass is 370 g/mol. The third-order valence-corrected chi connectivity index (χ3v) is 7.20. The minimum Gasteiger partial charge on any atom is -0.297 e. The van der Waals surface area contributed by atoms with E-state index in [4.69, 9.17) is 0 Å². The summed E-state index contributed by atoms with van der Waals surface area (Å²) in [7, 11) is 0. The van der Waals surface area contributed by atoms with Gasteiger partial charge in [0.15, 0.2) is 0 Å². The maximum Gasteiger partial charge on any atom is 0.272 e. The van der Waals surface area contributed by atoms with Gasteiger partial charge >= 0.3 is 0 Å². The van der Waals surface area contributed by atoms with E-state index in [1.807, 2.05) is 4.90 Å². The minimum absolute atomic E-state index is 0.0313. The van der Waals surface area contributed by atoms with Gasteiger partial charge in [0.1, 0.15) is 0 Å². The fourth-order valence-corrected chi connectivity index (χ4v) is 5.09. The van der Waals surface area contributed by atoms with E-state index in [0.29, 0.717) is 11.6 Å². The Morgan fingerprint density at radius 1 is 0.769 bits per heavy atom. The second kappa shape index (κ2) is 6.10. The molecule has 4 aliphatic rings. The molecule has 4 heterocycles. The van der Waals surface area contributed by atoms with Crippen LogP contribution in [0.2, 0.25) is 0 Å². The van der Waals surface area contributed by atoms with Crippen LogP contribution in [0.4, 0.5) is 8.78 Å². The topological polar surface area (TPSA) is 13.0 Å². The van der Waals surface area contributed by atoms with Crippen molar-refractivity contribution in [2.24, 2.45) is 5.92 Å². The molecule has 0 saturated carbocycles. The molecule has 4 saturated heterocycles. The number of likely N-dealkylation sites (tertiary alicyclic amines) is 4. The first-order valence-corrected chi connectivity index (χ1v) is 10.3. The molecule has 0 bridgehead atoms. The van der Waals surface area contributed by atoms with Crippen molar-refractivity contribution in [3.8, 4) is 0 Å². The predicted octanol–water partition coefficient (Wildman–Crippen LogP) is 2.20. The lowest BCUT2D eigenvalue weighted by Gasteiger charge is -2.59. The standard InChI is InChI=1S/C20H36F2N4/c1-18(2,3)25-9-16(10-25)23-7-15(8-23)6-19(4,5)26-11-17(12-26)24-13-20(21,22)14-24/h15-17H,6-14H2,1-5H3. The first-order valence-electron chi connectivity index (χ1n) is 10.3. The van der Waals surface area contributed by atoms with Crippen LogP contribution in [-0.4, -0.2) is 101 Å². The number of rotatable bonds is 5. The van der Waals surface area contributed by atoms with Gasteiger partial charge in [-0.05, 0) is 47.0 Å². The maximum atomic E-state index is 13.0. The van der Waals surface area contributed by atoms with Crippen LogP contribution in [0.1, 0.15) is 41.0 Å². The van der Waals surface area contributed by atoms with Crippen molar-refractivity contribution in [2.75, 3.05) is 52.4 Å². The molecule has 0 radical (unpaired) electrons. The van der Waals surface area contributed by atoms with E-state index in [1.165, 1.54) is 32.6 Å². The van der Waals surface area contributed by atoms with Crippen LogP contribution in [0, 0.1) is 5.92 Å².